The van der Waals surface area contributed by atoms with Gasteiger partial charge in [-0.25, -0.2) is 4.98 Å². The summed E-state index contributed by atoms with van der Waals surface area (Å²) in [4.78, 5) is 17.2. The van der Waals surface area contributed by atoms with Gasteiger partial charge in [0.25, 0.3) is 0 Å². The maximum absolute atomic E-state index is 13.5. The number of fused-ring (bicyclic) bond motifs is 2. The minimum absolute atomic E-state index is 0. The molecule has 1 aliphatic heterocycles. The third-order valence-corrected chi connectivity index (χ3v) is 5.99. The molecule has 0 bridgehead atoms. The van der Waals surface area contributed by atoms with Gasteiger partial charge in [0.2, 0.25) is 5.91 Å². The number of imidazole rings is 1. The van der Waals surface area contributed by atoms with Crippen molar-refractivity contribution < 1.29 is 13.6 Å². The lowest BCUT2D eigenvalue weighted by Crippen LogP contribution is -2.48. The highest BCUT2D eigenvalue weighted by atomic mass is 35.5. The maximum Gasteiger partial charge on any atom is 0.320 e. The number of halogens is 4. The molecule has 2 atom stereocenters. The van der Waals surface area contributed by atoms with E-state index in [4.69, 9.17) is 0 Å². The molecule has 2 fully saturated rings. The van der Waals surface area contributed by atoms with Gasteiger partial charge in [0, 0.05) is 19.5 Å². The molecule has 1 aliphatic carbocycles. The molecule has 2 aliphatic rings. The first-order valence-electron chi connectivity index (χ1n) is 9.35. The molecular weight excluding hydrogens is 409 g/mol. The minimum atomic E-state index is -2.64. The molecule has 9 heteroatoms. The first kappa shape index (κ1) is 22.8. The molecule has 4 rings (SSSR count). The summed E-state index contributed by atoms with van der Waals surface area (Å²) in [6.45, 7) is -0.703. The number of aromatic nitrogens is 2. The molecule has 2 heterocycles. The summed E-state index contributed by atoms with van der Waals surface area (Å²) in [7, 11) is 0. The summed E-state index contributed by atoms with van der Waals surface area (Å²) in [6, 6.07) is 6.88. The number of hydrogen-bond acceptors (Lipinski definition) is 3. The van der Waals surface area contributed by atoms with E-state index < -0.39 is 6.55 Å². The Morgan fingerprint density at radius 1 is 1.32 bits per heavy atom. The third-order valence-electron chi connectivity index (χ3n) is 5.99. The van der Waals surface area contributed by atoms with Crippen molar-refractivity contribution in [2.45, 2.75) is 38.7 Å². The van der Waals surface area contributed by atoms with Crippen LogP contribution >= 0.6 is 24.8 Å². The second-order valence-electron chi connectivity index (χ2n) is 7.40. The number of nitrogens with one attached hydrogen (secondary N) is 2. The van der Waals surface area contributed by atoms with Crippen LogP contribution in [0, 0.1) is 11.3 Å². The lowest BCUT2D eigenvalue weighted by molar-refractivity contribution is -0.133. The predicted molar refractivity (Wildman–Crippen MR) is 109 cm³/mol. The fourth-order valence-electron chi connectivity index (χ4n) is 4.64. The number of amides is 1. The van der Waals surface area contributed by atoms with E-state index in [1.54, 1.807) is 24.3 Å². The highest BCUT2D eigenvalue weighted by Crippen LogP contribution is 2.43. The van der Waals surface area contributed by atoms with E-state index in [1.807, 2.05) is 0 Å². The molecule has 5 nitrogen and oxygen atoms in total. The Bertz CT molecular complexity index is 816. The van der Waals surface area contributed by atoms with Crippen LogP contribution in [0.25, 0.3) is 11.0 Å². The SMILES string of the molecule is Cl.Cl.O=C(NCCc1nc2ccccc2n1C(F)F)[C@@]12CCCC[C@H]1CNC2. The molecule has 0 radical (unpaired) electrons. The smallest absolute Gasteiger partial charge is 0.320 e. The Balaban J connectivity index is 0.00000140. The van der Waals surface area contributed by atoms with E-state index in [0.29, 0.717) is 35.7 Å². The summed E-state index contributed by atoms with van der Waals surface area (Å²) in [5.74, 6) is 0.762. The van der Waals surface area contributed by atoms with E-state index in [9.17, 15) is 13.6 Å². The molecule has 2 aromatic rings. The summed E-state index contributed by atoms with van der Waals surface area (Å²) < 4.78 is 27.9. The van der Waals surface area contributed by atoms with Crippen molar-refractivity contribution in [3.05, 3.63) is 30.1 Å². The Kier molecular flexibility index (Phi) is 7.65. The molecule has 1 amide bonds. The number of hydrogen-bond donors (Lipinski definition) is 2. The van der Waals surface area contributed by atoms with Crippen LogP contribution in [-0.2, 0) is 11.2 Å². The molecule has 1 aromatic carbocycles. The van der Waals surface area contributed by atoms with E-state index in [1.165, 1.54) is 6.42 Å². The van der Waals surface area contributed by atoms with Crippen molar-refractivity contribution in [2.24, 2.45) is 11.3 Å². The molecule has 156 valence electrons. The van der Waals surface area contributed by atoms with Gasteiger partial charge in [-0.2, -0.15) is 8.78 Å². The van der Waals surface area contributed by atoms with E-state index in [0.717, 1.165) is 36.9 Å². The summed E-state index contributed by atoms with van der Waals surface area (Å²) in [5.41, 5.74) is 0.663. The Morgan fingerprint density at radius 3 is 2.89 bits per heavy atom. The number of benzene rings is 1. The van der Waals surface area contributed by atoms with Crippen molar-refractivity contribution in [3.8, 4) is 0 Å². The predicted octanol–water partition coefficient (Wildman–Crippen LogP) is 3.71. The minimum Gasteiger partial charge on any atom is -0.355 e. The van der Waals surface area contributed by atoms with Gasteiger partial charge in [-0.05, 0) is 37.4 Å². The molecule has 28 heavy (non-hydrogen) atoms. The van der Waals surface area contributed by atoms with Crippen molar-refractivity contribution in [2.75, 3.05) is 19.6 Å². The first-order valence-corrected chi connectivity index (χ1v) is 9.35. The van der Waals surface area contributed by atoms with Crippen LogP contribution in [0.5, 0.6) is 0 Å². The fourth-order valence-corrected chi connectivity index (χ4v) is 4.64. The summed E-state index contributed by atoms with van der Waals surface area (Å²) in [5, 5.41) is 6.36. The largest absolute Gasteiger partial charge is 0.355 e. The molecular formula is C19H26Cl2F2N4O. The number of alkyl halides is 2. The van der Waals surface area contributed by atoms with Crippen LogP contribution in [0.2, 0.25) is 0 Å². The van der Waals surface area contributed by atoms with Gasteiger partial charge >= 0.3 is 6.55 Å². The van der Waals surface area contributed by atoms with Crippen molar-refractivity contribution >= 4 is 41.8 Å². The van der Waals surface area contributed by atoms with Gasteiger partial charge in [-0.1, -0.05) is 25.0 Å². The van der Waals surface area contributed by atoms with Gasteiger partial charge in [-0.15, -0.1) is 24.8 Å². The first-order chi connectivity index (χ1) is 12.6. The summed E-state index contributed by atoms with van der Waals surface area (Å²) in [6.07, 6.45) is 4.54. The lowest BCUT2D eigenvalue weighted by atomic mass is 9.67. The normalized spacial score (nSPS) is 23.8. The van der Waals surface area contributed by atoms with Crippen LogP contribution in [0.3, 0.4) is 0 Å². The highest BCUT2D eigenvalue weighted by molar-refractivity contribution is 5.85. The quantitative estimate of drug-likeness (QED) is 0.753. The van der Waals surface area contributed by atoms with Gasteiger partial charge in [0.15, 0.2) is 0 Å². The molecule has 2 N–H and O–H groups in total. The lowest BCUT2D eigenvalue weighted by Gasteiger charge is -2.37. The van der Waals surface area contributed by atoms with Crippen LogP contribution in [0.1, 0.15) is 38.1 Å². The average Bonchev–Trinajstić information content (AvgIpc) is 3.23. The molecule has 1 saturated heterocycles. The van der Waals surface area contributed by atoms with E-state index in [2.05, 4.69) is 15.6 Å². The van der Waals surface area contributed by atoms with Gasteiger partial charge < -0.3 is 10.6 Å². The van der Waals surface area contributed by atoms with Crippen molar-refractivity contribution in [1.29, 1.82) is 0 Å². The van der Waals surface area contributed by atoms with Crippen LogP contribution in [0.4, 0.5) is 8.78 Å². The maximum atomic E-state index is 13.5. The zero-order valence-electron chi connectivity index (χ0n) is 15.5. The van der Waals surface area contributed by atoms with E-state index >= 15 is 0 Å². The Hall–Kier alpha value is -1.44. The molecule has 1 aromatic heterocycles. The van der Waals surface area contributed by atoms with Crippen LogP contribution in [0.15, 0.2) is 24.3 Å². The van der Waals surface area contributed by atoms with E-state index in [-0.39, 0.29) is 36.1 Å². The second-order valence-corrected chi connectivity index (χ2v) is 7.40. The highest BCUT2D eigenvalue weighted by Gasteiger charge is 2.49. The number of nitrogens with zero attached hydrogens (tertiary/aromatic N) is 2. The second kappa shape index (κ2) is 9.37. The van der Waals surface area contributed by atoms with Crippen molar-refractivity contribution in [3.63, 3.8) is 0 Å². The zero-order chi connectivity index (χ0) is 18.1. The third kappa shape index (κ3) is 3.98. The van der Waals surface area contributed by atoms with Gasteiger partial charge in [-0.3, -0.25) is 9.36 Å². The monoisotopic (exact) mass is 434 g/mol. The fraction of sp³-hybridized carbons (Fsp3) is 0.579. The Morgan fingerprint density at radius 2 is 2.11 bits per heavy atom. The topological polar surface area (TPSA) is 59.0 Å². The number of para-hydroxylation sites is 2. The molecule has 1 saturated carbocycles. The van der Waals surface area contributed by atoms with Gasteiger partial charge in [0.1, 0.15) is 5.82 Å². The summed E-state index contributed by atoms with van der Waals surface area (Å²) >= 11 is 0. The number of rotatable bonds is 5. The van der Waals surface area contributed by atoms with Gasteiger partial charge in [0.05, 0.1) is 16.4 Å². The number of carbonyl (C=O) groups excluding carboxylic acids is 1. The average molecular weight is 435 g/mol. The zero-order valence-corrected chi connectivity index (χ0v) is 17.1. The Labute approximate surface area is 175 Å². The standard InChI is InChI=1S/C19H24F2N4O.2ClH/c20-18(21)25-15-7-2-1-6-14(15)24-16(25)8-10-23-17(26)19-9-4-3-5-13(19)11-22-12-19;;/h1-2,6-7,13,18,22H,3-5,8-12H2,(H,23,26);2*1H/t13-,19+;;/m0../s1. The van der Waals surface area contributed by atoms with Crippen LogP contribution < -0.4 is 10.6 Å². The number of carbonyl (C=O) groups is 1. The molecule has 0 spiro atoms. The van der Waals surface area contributed by atoms with Crippen molar-refractivity contribution in [1.82, 2.24) is 20.2 Å². The van der Waals surface area contributed by atoms with Crippen LogP contribution in [-0.4, -0.2) is 35.1 Å². The molecule has 0 unspecified atom stereocenters.